The molecule has 0 aliphatic rings. The fourth-order valence-electron chi connectivity index (χ4n) is 0.366. The van der Waals surface area contributed by atoms with E-state index in [-0.39, 0.29) is 6.61 Å². The molecule has 3 nitrogen and oxygen atoms in total. The van der Waals surface area contributed by atoms with Crippen molar-refractivity contribution >= 4 is 5.97 Å². The molecule has 1 N–H and O–H groups in total. The van der Waals surface area contributed by atoms with Gasteiger partial charge in [-0.05, 0) is 0 Å². The topological polar surface area (TPSA) is 46.5 Å². The van der Waals surface area contributed by atoms with Crippen LogP contribution in [0, 0.1) is 0 Å². The third-order valence-electron chi connectivity index (χ3n) is 0.831. The molecule has 0 aromatic carbocycles. The van der Waals surface area contributed by atoms with Crippen LogP contribution in [0.2, 0.25) is 0 Å². The van der Waals surface area contributed by atoms with Gasteiger partial charge in [0.05, 0.1) is 6.61 Å². The van der Waals surface area contributed by atoms with E-state index in [9.17, 15) is 9.18 Å². The van der Waals surface area contributed by atoms with Crippen LogP contribution in [-0.4, -0.2) is 30.5 Å². The first kappa shape index (κ1) is 9.10. The van der Waals surface area contributed by atoms with E-state index in [4.69, 9.17) is 5.11 Å². The fraction of sp³-hybridized carbons (Fsp3) is 0.500. The van der Waals surface area contributed by atoms with Gasteiger partial charge in [-0.3, -0.25) is 0 Å². The molecule has 0 fully saturated rings. The third-order valence-corrected chi connectivity index (χ3v) is 0.831. The number of carboxylic acids is 1. The monoisotopic (exact) mass is 148 g/mol. The molecule has 0 bridgehead atoms. The average Bonchev–Trinajstić information content (AvgIpc) is 1.89. The second-order valence-electron chi connectivity index (χ2n) is 1.60. The van der Waals surface area contributed by atoms with E-state index in [1.54, 1.807) is 0 Å². The zero-order valence-electron chi connectivity index (χ0n) is 5.42. The van der Waals surface area contributed by atoms with Crippen molar-refractivity contribution in [2.75, 3.05) is 13.3 Å². The van der Waals surface area contributed by atoms with Crippen molar-refractivity contribution in [2.24, 2.45) is 0 Å². The first-order valence-electron chi connectivity index (χ1n) is 2.73. The molecule has 0 aliphatic heterocycles. The molecule has 0 saturated carbocycles. The van der Waals surface area contributed by atoms with Crippen LogP contribution >= 0.6 is 0 Å². The molecule has 10 heavy (non-hydrogen) atoms. The van der Waals surface area contributed by atoms with Gasteiger partial charge in [-0.2, -0.15) is 0 Å². The quantitative estimate of drug-likeness (QED) is 0.581. The van der Waals surface area contributed by atoms with Crippen molar-refractivity contribution in [3.05, 3.63) is 12.7 Å². The van der Waals surface area contributed by atoms with Gasteiger partial charge in [0.2, 0.25) is 0 Å². The summed E-state index contributed by atoms with van der Waals surface area (Å²) in [5.74, 6) is -1.29. The Balaban J connectivity index is 3.60. The minimum absolute atomic E-state index is 0.0564. The maximum atomic E-state index is 11.7. The Labute approximate surface area is 58.1 Å². The Kier molecular flexibility index (Phi) is 4.49. The van der Waals surface area contributed by atoms with Gasteiger partial charge in [-0.15, -0.1) is 6.58 Å². The van der Waals surface area contributed by atoms with Crippen LogP contribution in [0.15, 0.2) is 12.7 Å². The first-order valence-corrected chi connectivity index (χ1v) is 2.73. The van der Waals surface area contributed by atoms with E-state index < -0.39 is 18.7 Å². The lowest BCUT2D eigenvalue weighted by molar-refractivity contribution is -0.150. The van der Waals surface area contributed by atoms with Crippen LogP contribution in [0.5, 0.6) is 0 Å². The summed E-state index contributed by atoms with van der Waals surface area (Å²) in [4.78, 5) is 10.0. The molecule has 0 heterocycles. The zero-order valence-corrected chi connectivity index (χ0v) is 5.42. The molecule has 0 aromatic heterocycles. The summed E-state index contributed by atoms with van der Waals surface area (Å²) in [6, 6.07) is 0. The minimum atomic E-state index is -1.35. The lowest BCUT2D eigenvalue weighted by Crippen LogP contribution is -2.25. The second kappa shape index (κ2) is 4.93. The number of rotatable bonds is 5. The molecule has 0 aliphatic carbocycles. The van der Waals surface area contributed by atoms with Crippen molar-refractivity contribution in [3.8, 4) is 0 Å². The van der Waals surface area contributed by atoms with E-state index in [0.29, 0.717) is 0 Å². The van der Waals surface area contributed by atoms with Crippen LogP contribution in [0.4, 0.5) is 4.39 Å². The molecule has 0 radical (unpaired) electrons. The molecule has 0 saturated heterocycles. The smallest absolute Gasteiger partial charge is 0.335 e. The SMILES string of the molecule is C=CCOC(CF)C(=O)O. The Morgan fingerprint density at radius 1 is 1.90 bits per heavy atom. The van der Waals surface area contributed by atoms with Gasteiger partial charge in [-0.1, -0.05) is 6.08 Å². The molecule has 0 spiro atoms. The Hall–Kier alpha value is -0.900. The number of hydrogen-bond donors (Lipinski definition) is 1. The summed E-state index contributed by atoms with van der Waals surface area (Å²) in [5.41, 5.74) is 0. The minimum Gasteiger partial charge on any atom is -0.479 e. The highest BCUT2D eigenvalue weighted by Crippen LogP contribution is 1.92. The number of ether oxygens (including phenoxy) is 1. The van der Waals surface area contributed by atoms with Crippen molar-refractivity contribution in [2.45, 2.75) is 6.10 Å². The largest absolute Gasteiger partial charge is 0.479 e. The first-order chi connectivity index (χ1) is 4.72. The summed E-state index contributed by atoms with van der Waals surface area (Å²) in [7, 11) is 0. The van der Waals surface area contributed by atoms with E-state index >= 15 is 0 Å². The summed E-state index contributed by atoms with van der Waals surface area (Å²) in [6.45, 7) is 2.33. The lowest BCUT2D eigenvalue weighted by Gasteiger charge is -2.06. The van der Waals surface area contributed by atoms with E-state index in [1.165, 1.54) is 6.08 Å². The van der Waals surface area contributed by atoms with Crippen LogP contribution < -0.4 is 0 Å². The predicted molar refractivity (Wildman–Crippen MR) is 33.5 cm³/mol. The summed E-state index contributed by atoms with van der Waals surface area (Å²) in [6.07, 6.45) is 0.0176. The molecule has 1 unspecified atom stereocenters. The van der Waals surface area contributed by atoms with Gasteiger partial charge >= 0.3 is 5.97 Å². The van der Waals surface area contributed by atoms with Crippen LogP contribution in [0.1, 0.15) is 0 Å². The van der Waals surface area contributed by atoms with Gasteiger partial charge < -0.3 is 9.84 Å². The Morgan fingerprint density at radius 3 is 2.80 bits per heavy atom. The molecule has 1 atom stereocenters. The average molecular weight is 148 g/mol. The van der Waals surface area contributed by atoms with Crippen LogP contribution in [-0.2, 0) is 9.53 Å². The number of alkyl halides is 1. The number of hydrogen-bond acceptors (Lipinski definition) is 2. The molecular formula is C6H9FO3. The lowest BCUT2D eigenvalue weighted by atomic mass is 10.4. The number of carboxylic acid groups (broad SMARTS) is 1. The maximum Gasteiger partial charge on any atom is 0.335 e. The predicted octanol–water partition coefficient (Wildman–Crippen LogP) is 0.612. The highest BCUT2D eigenvalue weighted by molar-refractivity contribution is 5.72. The molecule has 0 rings (SSSR count). The van der Waals surface area contributed by atoms with E-state index in [2.05, 4.69) is 11.3 Å². The van der Waals surface area contributed by atoms with Crippen molar-refractivity contribution in [1.29, 1.82) is 0 Å². The Morgan fingerprint density at radius 2 is 2.50 bits per heavy atom. The van der Waals surface area contributed by atoms with Crippen LogP contribution in [0.3, 0.4) is 0 Å². The van der Waals surface area contributed by atoms with Crippen molar-refractivity contribution in [1.82, 2.24) is 0 Å². The number of halogens is 1. The van der Waals surface area contributed by atoms with Crippen LogP contribution in [0.25, 0.3) is 0 Å². The van der Waals surface area contributed by atoms with Gasteiger partial charge in [0.1, 0.15) is 6.67 Å². The summed E-state index contributed by atoms with van der Waals surface area (Å²) in [5, 5.41) is 8.20. The summed E-state index contributed by atoms with van der Waals surface area (Å²) >= 11 is 0. The van der Waals surface area contributed by atoms with E-state index in [1.807, 2.05) is 0 Å². The normalized spacial score (nSPS) is 12.5. The number of aliphatic carboxylic acids is 1. The van der Waals surface area contributed by atoms with Gasteiger partial charge in [0.25, 0.3) is 0 Å². The Bertz CT molecular complexity index is 124. The summed E-state index contributed by atoms with van der Waals surface area (Å²) < 4.78 is 16.2. The molecule has 58 valence electrons. The second-order valence-corrected chi connectivity index (χ2v) is 1.60. The molecule has 4 heteroatoms. The highest BCUT2D eigenvalue weighted by atomic mass is 19.1. The standard InChI is InChI=1S/C6H9FO3/c1-2-3-10-5(4-7)6(8)9/h2,5H,1,3-4H2,(H,8,9). The van der Waals surface area contributed by atoms with Crippen molar-refractivity contribution in [3.63, 3.8) is 0 Å². The van der Waals surface area contributed by atoms with E-state index in [0.717, 1.165) is 0 Å². The van der Waals surface area contributed by atoms with Gasteiger partial charge in [0, 0.05) is 0 Å². The van der Waals surface area contributed by atoms with Gasteiger partial charge in [0.15, 0.2) is 6.10 Å². The van der Waals surface area contributed by atoms with Crippen molar-refractivity contribution < 1.29 is 19.0 Å². The molecular weight excluding hydrogens is 139 g/mol. The molecule has 0 aromatic rings. The third kappa shape index (κ3) is 3.19. The molecule has 0 amide bonds. The zero-order chi connectivity index (χ0) is 7.98. The fourth-order valence-corrected chi connectivity index (χ4v) is 0.366. The highest BCUT2D eigenvalue weighted by Gasteiger charge is 2.16. The van der Waals surface area contributed by atoms with Gasteiger partial charge in [-0.25, -0.2) is 9.18 Å². The number of carbonyl (C=O) groups is 1. The maximum absolute atomic E-state index is 11.7.